The Morgan fingerprint density at radius 3 is 2.50 bits per heavy atom. The van der Waals surface area contributed by atoms with Crippen LogP contribution in [0.4, 0.5) is 5.69 Å². The van der Waals surface area contributed by atoms with Gasteiger partial charge in [0.25, 0.3) is 0 Å². The molecule has 0 saturated heterocycles. The third kappa shape index (κ3) is 4.91. The van der Waals surface area contributed by atoms with Crippen LogP contribution in [-0.2, 0) is 6.42 Å². The van der Waals surface area contributed by atoms with Crippen LogP contribution in [0.3, 0.4) is 0 Å². The molecule has 0 unspecified atom stereocenters. The molecule has 154 valence electrons. The molecule has 1 aliphatic heterocycles. The number of nitrogens with one attached hydrogen (secondary N) is 1. The van der Waals surface area contributed by atoms with E-state index in [2.05, 4.69) is 85.9 Å². The number of thioether (sulfide) groups is 1. The third-order valence-corrected chi connectivity index (χ3v) is 6.40. The van der Waals surface area contributed by atoms with Crippen molar-refractivity contribution < 1.29 is 4.74 Å². The first-order valence-corrected chi connectivity index (χ1v) is 11.6. The summed E-state index contributed by atoms with van der Waals surface area (Å²) in [5, 5.41) is 3.67. The van der Waals surface area contributed by atoms with Gasteiger partial charge in [0, 0.05) is 17.0 Å². The summed E-state index contributed by atoms with van der Waals surface area (Å²) in [5.41, 5.74) is 7.70. The van der Waals surface area contributed by atoms with E-state index in [1.54, 1.807) is 7.11 Å². The molecule has 0 amide bonds. The smallest absolute Gasteiger partial charge is 0.119 e. The van der Waals surface area contributed by atoms with Crippen molar-refractivity contribution in [3.8, 4) is 16.9 Å². The molecule has 3 heteroatoms. The van der Waals surface area contributed by atoms with Crippen molar-refractivity contribution in [1.29, 1.82) is 0 Å². The Balaban J connectivity index is 1.54. The van der Waals surface area contributed by atoms with Gasteiger partial charge in [-0.3, -0.25) is 0 Å². The highest BCUT2D eigenvalue weighted by molar-refractivity contribution is 7.99. The van der Waals surface area contributed by atoms with Crippen LogP contribution < -0.4 is 10.1 Å². The van der Waals surface area contributed by atoms with Gasteiger partial charge in [-0.2, -0.15) is 11.8 Å². The number of ether oxygens (including phenoxy) is 1. The van der Waals surface area contributed by atoms with E-state index in [1.165, 1.54) is 33.5 Å². The van der Waals surface area contributed by atoms with Gasteiger partial charge >= 0.3 is 0 Å². The molecule has 30 heavy (non-hydrogen) atoms. The van der Waals surface area contributed by atoms with E-state index in [4.69, 9.17) is 4.74 Å². The Morgan fingerprint density at radius 1 is 0.900 bits per heavy atom. The molecule has 0 saturated carbocycles. The van der Waals surface area contributed by atoms with E-state index in [0.717, 1.165) is 23.7 Å². The zero-order valence-electron chi connectivity index (χ0n) is 17.9. The van der Waals surface area contributed by atoms with Crippen LogP contribution in [-0.4, -0.2) is 24.2 Å². The van der Waals surface area contributed by atoms with Crippen molar-refractivity contribution in [2.24, 2.45) is 0 Å². The lowest BCUT2D eigenvalue weighted by molar-refractivity contribution is 0.415. The van der Waals surface area contributed by atoms with Gasteiger partial charge in [0.15, 0.2) is 0 Å². The second kappa shape index (κ2) is 9.01. The lowest BCUT2D eigenvalue weighted by Gasteiger charge is -2.32. The summed E-state index contributed by atoms with van der Waals surface area (Å²) in [5.74, 6) is 3.03. The fourth-order valence-corrected chi connectivity index (χ4v) is 4.92. The number of rotatable bonds is 7. The number of hydrogen-bond donors (Lipinski definition) is 1. The molecule has 0 radical (unpaired) electrons. The number of fused-ring (bicyclic) bond motifs is 1. The molecule has 2 nitrogen and oxygen atoms in total. The van der Waals surface area contributed by atoms with E-state index < -0.39 is 0 Å². The second-order valence-electron chi connectivity index (χ2n) is 8.30. The summed E-state index contributed by atoms with van der Waals surface area (Å²) in [4.78, 5) is 0. The first-order chi connectivity index (χ1) is 14.5. The van der Waals surface area contributed by atoms with Crippen LogP contribution in [0.25, 0.3) is 16.7 Å². The predicted molar refractivity (Wildman–Crippen MR) is 132 cm³/mol. The molecular formula is C27H29NOS. The minimum atomic E-state index is -0.0419. The largest absolute Gasteiger partial charge is 0.497 e. The molecule has 3 aromatic carbocycles. The van der Waals surface area contributed by atoms with Gasteiger partial charge in [-0.05, 0) is 72.6 Å². The zero-order valence-corrected chi connectivity index (χ0v) is 18.8. The maximum Gasteiger partial charge on any atom is 0.119 e. The molecule has 1 heterocycles. The van der Waals surface area contributed by atoms with Gasteiger partial charge in [-0.15, -0.1) is 0 Å². The number of benzene rings is 3. The van der Waals surface area contributed by atoms with Crippen molar-refractivity contribution in [2.75, 3.05) is 23.9 Å². The minimum absolute atomic E-state index is 0.0419. The fourth-order valence-electron chi connectivity index (χ4n) is 3.93. The van der Waals surface area contributed by atoms with Crippen LogP contribution >= 0.6 is 11.8 Å². The van der Waals surface area contributed by atoms with Crippen molar-refractivity contribution in [3.63, 3.8) is 0 Å². The minimum Gasteiger partial charge on any atom is -0.497 e. The molecule has 0 fully saturated rings. The number of methoxy groups -OCH3 is 1. The molecule has 1 N–H and O–H groups in total. The maximum absolute atomic E-state index is 5.41. The molecule has 0 atom stereocenters. The summed E-state index contributed by atoms with van der Waals surface area (Å²) in [7, 11) is 1.71. The fraction of sp³-hybridized carbons (Fsp3) is 0.259. The lowest BCUT2D eigenvalue weighted by atomic mass is 9.89. The van der Waals surface area contributed by atoms with Gasteiger partial charge in [0.05, 0.1) is 12.6 Å². The Kier molecular flexibility index (Phi) is 6.19. The third-order valence-electron chi connectivity index (χ3n) is 5.40. The van der Waals surface area contributed by atoms with Crippen LogP contribution in [0.15, 0.2) is 78.9 Å². The quantitative estimate of drug-likeness (QED) is 0.423. The van der Waals surface area contributed by atoms with Gasteiger partial charge in [-0.1, -0.05) is 54.6 Å². The summed E-state index contributed by atoms with van der Waals surface area (Å²) < 4.78 is 5.41. The maximum atomic E-state index is 5.41. The highest BCUT2D eigenvalue weighted by Crippen LogP contribution is 2.38. The van der Waals surface area contributed by atoms with Crippen molar-refractivity contribution in [2.45, 2.75) is 25.8 Å². The highest BCUT2D eigenvalue weighted by Gasteiger charge is 2.24. The van der Waals surface area contributed by atoms with Crippen LogP contribution in [0.1, 0.15) is 25.0 Å². The molecule has 0 bridgehead atoms. The van der Waals surface area contributed by atoms with Crippen molar-refractivity contribution >= 4 is 23.0 Å². The average molecular weight is 416 g/mol. The lowest BCUT2D eigenvalue weighted by Crippen LogP contribution is -2.32. The first-order valence-electron chi connectivity index (χ1n) is 10.4. The normalized spacial score (nSPS) is 14.4. The molecule has 0 aliphatic carbocycles. The topological polar surface area (TPSA) is 21.3 Å². The molecule has 1 aliphatic rings. The van der Waals surface area contributed by atoms with Crippen molar-refractivity contribution in [3.05, 3.63) is 90.0 Å². The standard InChI is InChI=1S/C27H29NOS/c1-27(2)18-23(19-30-15-14-20-8-5-4-6-9-20)25-17-22(12-13-26(25)28-27)21-10-7-11-24(16-21)29-3/h4-13,16-18,28H,14-15,19H2,1-3H3. The van der Waals surface area contributed by atoms with Gasteiger partial charge < -0.3 is 10.1 Å². The summed E-state index contributed by atoms with van der Waals surface area (Å²) in [6.07, 6.45) is 3.50. The first kappa shape index (κ1) is 20.6. The molecule has 0 aromatic heterocycles. The van der Waals surface area contributed by atoms with E-state index in [9.17, 15) is 0 Å². The van der Waals surface area contributed by atoms with E-state index in [0.29, 0.717) is 0 Å². The molecule has 4 rings (SSSR count). The number of hydrogen-bond acceptors (Lipinski definition) is 3. The van der Waals surface area contributed by atoms with Gasteiger partial charge in [0.1, 0.15) is 5.75 Å². The summed E-state index contributed by atoms with van der Waals surface area (Å²) in [6, 6.07) is 25.7. The predicted octanol–water partition coefficient (Wildman–Crippen LogP) is 6.93. The van der Waals surface area contributed by atoms with E-state index >= 15 is 0 Å². The molecule has 0 spiro atoms. The van der Waals surface area contributed by atoms with E-state index in [1.807, 2.05) is 23.9 Å². The van der Waals surface area contributed by atoms with Gasteiger partial charge in [-0.25, -0.2) is 0 Å². The average Bonchev–Trinajstić information content (AvgIpc) is 2.76. The van der Waals surface area contributed by atoms with Crippen LogP contribution in [0.5, 0.6) is 5.75 Å². The summed E-state index contributed by atoms with van der Waals surface area (Å²) >= 11 is 2.01. The van der Waals surface area contributed by atoms with Crippen molar-refractivity contribution in [1.82, 2.24) is 0 Å². The zero-order chi connectivity index (χ0) is 21.0. The summed E-state index contributed by atoms with van der Waals surface area (Å²) in [6.45, 7) is 4.47. The Hall–Kier alpha value is -2.65. The number of anilines is 1. The van der Waals surface area contributed by atoms with Crippen LogP contribution in [0.2, 0.25) is 0 Å². The highest BCUT2D eigenvalue weighted by atomic mass is 32.2. The van der Waals surface area contributed by atoms with E-state index in [-0.39, 0.29) is 5.54 Å². The molecule has 3 aromatic rings. The monoisotopic (exact) mass is 415 g/mol. The second-order valence-corrected chi connectivity index (χ2v) is 9.40. The van der Waals surface area contributed by atoms with Gasteiger partial charge in [0.2, 0.25) is 0 Å². The Bertz CT molecular complexity index is 1040. The molecular weight excluding hydrogens is 386 g/mol. The SMILES string of the molecule is COc1cccc(-c2ccc3c(c2)C(CSCCc2ccccc2)=CC(C)(C)N3)c1. The Morgan fingerprint density at radius 2 is 1.70 bits per heavy atom. The van der Waals surface area contributed by atoms with Crippen LogP contribution in [0, 0.1) is 0 Å². The Labute approximate surface area is 184 Å². The number of aryl methyl sites for hydroxylation is 1.